The average molecular weight is 288 g/mol. The van der Waals surface area contributed by atoms with Crippen molar-refractivity contribution in [2.75, 3.05) is 13.3 Å². The molecule has 2 unspecified atom stereocenters. The van der Waals surface area contributed by atoms with Crippen molar-refractivity contribution in [2.24, 2.45) is 5.92 Å². The zero-order valence-electron chi connectivity index (χ0n) is 12.4. The molecular weight excluding hydrogens is 263 g/mol. The summed E-state index contributed by atoms with van der Waals surface area (Å²) in [6, 6.07) is 0. The lowest BCUT2D eigenvalue weighted by molar-refractivity contribution is -0.253. The first-order chi connectivity index (χ1) is 9.35. The first-order valence-corrected chi connectivity index (χ1v) is 7.14. The molecule has 116 valence electrons. The average Bonchev–Trinajstić information content (AvgIpc) is 2.43. The summed E-state index contributed by atoms with van der Waals surface area (Å²) in [5.41, 5.74) is 0.245. The van der Waals surface area contributed by atoms with Gasteiger partial charge in [-0.1, -0.05) is 25.8 Å². The predicted molar refractivity (Wildman–Crippen MR) is 73.8 cm³/mol. The van der Waals surface area contributed by atoms with Crippen molar-refractivity contribution in [3.63, 3.8) is 0 Å². The second-order valence-corrected chi connectivity index (χ2v) is 5.74. The Balaban J connectivity index is 2.48. The molecule has 0 saturated heterocycles. The molecule has 0 bridgehead atoms. The maximum absolute atomic E-state index is 13.1. The number of carbonyl (C=O) groups is 1. The maximum Gasteiger partial charge on any atom is 0.333 e. The highest BCUT2D eigenvalue weighted by molar-refractivity contribution is 5.86. The summed E-state index contributed by atoms with van der Waals surface area (Å²) in [4.78, 5) is 11.3. The van der Waals surface area contributed by atoms with E-state index in [1.165, 1.54) is 20.3 Å². The van der Waals surface area contributed by atoms with Gasteiger partial charge in [-0.15, -0.1) is 0 Å². The van der Waals surface area contributed by atoms with Gasteiger partial charge in [-0.05, 0) is 32.6 Å². The van der Waals surface area contributed by atoms with E-state index in [2.05, 4.69) is 6.58 Å². The third-order valence-corrected chi connectivity index (χ3v) is 3.55. The van der Waals surface area contributed by atoms with Crippen LogP contribution >= 0.6 is 0 Å². The van der Waals surface area contributed by atoms with Crippen molar-refractivity contribution in [1.82, 2.24) is 0 Å². The third-order valence-electron chi connectivity index (χ3n) is 3.55. The molecule has 0 heterocycles. The molecule has 2 atom stereocenters. The monoisotopic (exact) mass is 288 g/mol. The first kappa shape index (κ1) is 17.1. The topological polar surface area (TPSA) is 55.8 Å². The quantitative estimate of drug-likeness (QED) is 0.444. The van der Waals surface area contributed by atoms with E-state index in [0.717, 1.165) is 25.7 Å². The van der Waals surface area contributed by atoms with E-state index in [1.807, 2.05) is 0 Å². The van der Waals surface area contributed by atoms with E-state index in [0.29, 0.717) is 0 Å². The highest BCUT2D eigenvalue weighted by atomic mass is 19.1. The molecular formula is C15H25FO4. The normalized spacial score (nSPS) is 21.0. The lowest BCUT2D eigenvalue weighted by Gasteiger charge is -2.34. The van der Waals surface area contributed by atoms with Crippen LogP contribution in [0.25, 0.3) is 0 Å². The molecule has 1 aliphatic carbocycles. The number of esters is 1. The number of hydrogen-bond donors (Lipinski definition) is 1. The van der Waals surface area contributed by atoms with Gasteiger partial charge in [0.2, 0.25) is 0 Å². The van der Waals surface area contributed by atoms with Crippen LogP contribution in [0.3, 0.4) is 0 Å². The molecule has 4 nitrogen and oxygen atoms in total. The van der Waals surface area contributed by atoms with Crippen LogP contribution in [0.4, 0.5) is 4.39 Å². The van der Waals surface area contributed by atoms with Crippen molar-refractivity contribution in [3.8, 4) is 0 Å². The fourth-order valence-electron chi connectivity index (χ4n) is 2.44. The highest BCUT2D eigenvalue weighted by Gasteiger charge is 2.33. The SMILES string of the molecule is C=C(C)C(=O)OCC(C)(O)OC(CF)C1CCCCC1. The Labute approximate surface area is 120 Å². The smallest absolute Gasteiger partial charge is 0.333 e. The summed E-state index contributed by atoms with van der Waals surface area (Å²) in [6.45, 7) is 5.37. The van der Waals surface area contributed by atoms with E-state index in [-0.39, 0.29) is 18.1 Å². The van der Waals surface area contributed by atoms with E-state index in [4.69, 9.17) is 9.47 Å². The van der Waals surface area contributed by atoms with E-state index in [1.54, 1.807) is 0 Å². The molecule has 1 rings (SSSR count). The molecule has 0 aromatic carbocycles. The minimum atomic E-state index is -1.68. The number of alkyl halides is 1. The summed E-state index contributed by atoms with van der Waals surface area (Å²) in [6.07, 6.45) is 4.48. The molecule has 0 aromatic heterocycles. The van der Waals surface area contributed by atoms with Crippen molar-refractivity contribution in [1.29, 1.82) is 0 Å². The lowest BCUT2D eigenvalue weighted by Crippen LogP contribution is -2.42. The van der Waals surface area contributed by atoms with Gasteiger partial charge in [-0.2, -0.15) is 0 Å². The number of ether oxygens (including phenoxy) is 2. The molecule has 1 aliphatic rings. The minimum absolute atomic E-state index is 0.122. The van der Waals surface area contributed by atoms with Gasteiger partial charge in [0.1, 0.15) is 13.3 Å². The molecule has 0 radical (unpaired) electrons. The Hall–Kier alpha value is -0.940. The predicted octanol–water partition coefficient (Wildman–Crippen LogP) is 2.75. The van der Waals surface area contributed by atoms with Crippen molar-refractivity contribution < 1.29 is 23.8 Å². The summed E-state index contributed by atoms with van der Waals surface area (Å²) in [7, 11) is 0. The van der Waals surface area contributed by atoms with Crippen LogP contribution in [0.5, 0.6) is 0 Å². The molecule has 1 N–H and O–H groups in total. The minimum Gasteiger partial charge on any atom is -0.457 e. The van der Waals surface area contributed by atoms with Crippen LogP contribution in [0.1, 0.15) is 46.0 Å². The van der Waals surface area contributed by atoms with Crippen molar-refractivity contribution >= 4 is 5.97 Å². The molecule has 20 heavy (non-hydrogen) atoms. The zero-order chi connectivity index (χ0) is 15.2. The highest BCUT2D eigenvalue weighted by Crippen LogP contribution is 2.30. The number of carbonyl (C=O) groups excluding carboxylic acids is 1. The van der Waals surface area contributed by atoms with Gasteiger partial charge in [0.15, 0.2) is 5.79 Å². The second-order valence-electron chi connectivity index (χ2n) is 5.74. The standard InChI is InChI=1S/C15H25FO4/c1-11(2)14(17)19-10-15(3,18)20-13(9-16)12-7-5-4-6-8-12/h12-13,18H,1,4-10H2,2-3H3. The summed E-state index contributed by atoms with van der Waals surface area (Å²) in [5, 5.41) is 10.1. The summed E-state index contributed by atoms with van der Waals surface area (Å²) < 4.78 is 23.4. The van der Waals surface area contributed by atoms with E-state index >= 15 is 0 Å². The Bertz CT molecular complexity index is 335. The first-order valence-electron chi connectivity index (χ1n) is 7.14. The number of hydrogen-bond acceptors (Lipinski definition) is 4. The van der Waals surface area contributed by atoms with Crippen molar-refractivity contribution in [2.45, 2.75) is 57.8 Å². The van der Waals surface area contributed by atoms with Gasteiger partial charge in [-0.25, -0.2) is 9.18 Å². The summed E-state index contributed by atoms with van der Waals surface area (Å²) in [5.74, 6) is -2.15. The van der Waals surface area contributed by atoms with Gasteiger partial charge in [0.25, 0.3) is 0 Å². The van der Waals surface area contributed by atoms with Gasteiger partial charge < -0.3 is 14.6 Å². The molecule has 1 saturated carbocycles. The molecule has 5 heteroatoms. The van der Waals surface area contributed by atoms with E-state index in [9.17, 15) is 14.3 Å². The zero-order valence-corrected chi connectivity index (χ0v) is 12.4. The number of rotatable bonds is 7. The van der Waals surface area contributed by atoms with Crippen molar-refractivity contribution in [3.05, 3.63) is 12.2 Å². The fourth-order valence-corrected chi connectivity index (χ4v) is 2.44. The molecule has 0 aliphatic heterocycles. The number of aliphatic hydroxyl groups is 1. The van der Waals surface area contributed by atoms with Crippen LogP contribution in [0.15, 0.2) is 12.2 Å². The van der Waals surface area contributed by atoms with E-state index < -0.39 is 24.5 Å². The van der Waals surface area contributed by atoms with Crippen LogP contribution in [0, 0.1) is 5.92 Å². The third kappa shape index (κ3) is 5.59. The second kappa shape index (κ2) is 7.74. The Kier molecular flexibility index (Phi) is 6.62. The Morgan fingerprint density at radius 2 is 2.05 bits per heavy atom. The van der Waals surface area contributed by atoms with Crippen LogP contribution in [0.2, 0.25) is 0 Å². The Morgan fingerprint density at radius 3 is 2.55 bits per heavy atom. The molecule has 1 fully saturated rings. The maximum atomic E-state index is 13.1. The largest absolute Gasteiger partial charge is 0.457 e. The van der Waals surface area contributed by atoms with Gasteiger partial charge in [0, 0.05) is 5.57 Å². The summed E-state index contributed by atoms with van der Waals surface area (Å²) >= 11 is 0. The number of halogens is 1. The molecule has 0 amide bonds. The molecule has 0 aromatic rings. The van der Waals surface area contributed by atoms with Gasteiger partial charge >= 0.3 is 5.97 Å². The lowest BCUT2D eigenvalue weighted by atomic mass is 9.85. The van der Waals surface area contributed by atoms with Gasteiger partial charge in [-0.3, -0.25) is 0 Å². The molecule has 0 spiro atoms. The van der Waals surface area contributed by atoms with Crippen LogP contribution in [-0.4, -0.2) is 36.2 Å². The van der Waals surface area contributed by atoms with Crippen LogP contribution < -0.4 is 0 Å². The van der Waals surface area contributed by atoms with Crippen LogP contribution in [-0.2, 0) is 14.3 Å². The fraction of sp³-hybridized carbons (Fsp3) is 0.800. The van der Waals surface area contributed by atoms with Gasteiger partial charge in [0.05, 0.1) is 6.10 Å². The Morgan fingerprint density at radius 1 is 1.45 bits per heavy atom.